The monoisotopic (exact) mass is 366 g/mol. The van der Waals surface area contributed by atoms with E-state index in [1.165, 1.54) is 18.2 Å². The number of halogens is 2. The fraction of sp³-hybridized carbons (Fsp3) is 0.500. The molecule has 0 saturated carbocycles. The van der Waals surface area contributed by atoms with Gasteiger partial charge in [-0.25, -0.2) is 8.42 Å². The van der Waals surface area contributed by atoms with Crippen molar-refractivity contribution in [3.8, 4) is 0 Å². The second kappa shape index (κ2) is 7.53. The van der Waals surface area contributed by atoms with Crippen LogP contribution in [0.1, 0.15) is 20.8 Å². The van der Waals surface area contributed by atoms with Crippen molar-refractivity contribution >= 4 is 44.8 Å². The molecule has 0 aliphatic heterocycles. The lowest BCUT2D eigenvalue weighted by molar-refractivity contribution is -0.120. The highest BCUT2D eigenvalue weighted by molar-refractivity contribution is 7.92. The predicted molar refractivity (Wildman–Crippen MR) is 91.1 cm³/mol. The molecule has 0 heterocycles. The molecule has 0 fully saturated rings. The zero-order chi connectivity index (χ0) is 17.1. The average molecular weight is 367 g/mol. The molecule has 0 aliphatic rings. The van der Waals surface area contributed by atoms with Crippen molar-refractivity contribution in [1.82, 2.24) is 5.32 Å². The molecule has 0 aliphatic carbocycles. The molecule has 22 heavy (non-hydrogen) atoms. The third kappa shape index (κ3) is 5.66. The number of carbonyl (C=O) groups excluding carboxylic acids is 1. The molecule has 1 aromatic rings. The van der Waals surface area contributed by atoms with Gasteiger partial charge < -0.3 is 5.32 Å². The van der Waals surface area contributed by atoms with Gasteiger partial charge in [0.15, 0.2) is 0 Å². The number of sulfonamides is 1. The van der Waals surface area contributed by atoms with Crippen molar-refractivity contribution in [1.29, 1.82) is 0 Å². The van der Waals surface area contributed by atoms with E-state index in [0.717, 1.165) is 10.6 Å². The van der Waals surface area contributed by atoms with E-state index < -0.39 is 10.0 Å². The van der Waals surface area contributed by atoms with E-state index in [1.807, 2.05) is 20.8 Å². The molecule has 0 radical (unpaired) electrons. The summed E-state index contributed by atoms with van der Waals surface area (Å²) in [5.41, 5.74) is 0.257. The number of hydrogen-bond donors (Lipinski definition) is 1. The summed E-state index contributed by atoms with van der Waals surface area (Å²) in [6, 6.07) is 4.34. The quantitative estimate of drug-likeness (QED) is 0.841. The first-order chi connectivity index (χ1) is 10.0. The van der Waals surface area contributed by atoms with E-state index >= 15 is 0 Å². The highest BCUT2D eigenvalue weighted by atomic mass is 35.5. The zero-order valence-electron chi connectivity index (χ0n) is 12.9. The fourth-order valence-corrected chi connectivity index (χ4v) is 3.03. The first-order valence-electron chi connectivity index (χ1n) is 6.74. The minimum atomic E-state index is -3.65. The molecule has 124 valence electrons. The van der Waals surface area contributed by atoms with Crippen LogP contribution in [-0.4, -0.2) is 33.2 Å². The van der Waals surface area contributed by atoms with Gasteiger partial charge in [0.25, 0.3) is 0 Å². The van der Waals surface area contributed by atoms with Crippen LogP contribution >= 0.6 is 23.2 Å². The van der Waals surface area contributed by atoms with E-state index in [4.69, 9.17) is 23.2 Å². The molecule has 5 nitrogen and oxygen atoms in total. The SMILES string of the molecule is CC(C)[C@@H](C)NC(=O)CN(c1cc(Cl)cc(Cl)c1)S(C)(=O)=O. The van der Waals surface area contributed by atoms with Gasteiger partial charge in [-0.05, 0) is 31.0 Å². The predicted octanol–water partition coefficient (Wildman–Crippen LogP) is 2.92. The molecule has 1 atom stereocenters. The molecule has 1 rings (SSSR count). The molecule has 0 aromatic heterocycles. The Morgan fingerprint density at radius 3 is 2.09 bits per heavy atom. The van der Waals surface area contributed by atoms with E-state index in [0.29, 0.717) is 10.0 Å². The summed E-state index contributed by atoms with van der Waals surface area (Å²) < 4.78 is 24.9. The molecule has 0 bridgehead atoms. The largest absolute Gasteiger partial charge is 0.352 e. The standard InChI is InChI=1S/C14H20Cl2N2O3S/c1-9(2)10(3)17-14(19)8-18(22(4,20)21)13-6-11(15)5-12(16)7-13/h5-7,9-10H,8H2,1-4H3,(H,17,19)/t10-/m1/s1. The van der Waals surface area contributed by atoms with Crippen LogP contribution in [0.3, 0.4) is 0 Å². The Hall–Kier alpha value is -0.980. The number of nitrogens with zero attached hydrogens (tertiary/aromatic N) is 1. The van der Waals surface area contributed by atoms with Crippen LogP contribution in [0.25, 0.3) is 0 Å². The molecule has 8 heteroatoms. The minimum absolute atomic E-state index is 0.0585. The number of anilines is 1. The van der Waals surface area contributed by atoms with Crippen LogP contribution in [0, 0.1) is 5.92 Å². The number of rotatable bonds is 6. The van der Waals surface area contributed by atoms with Crippen LogP contribution in [0.15, 0.2) is 18.2 Å². The number of hydrogen-bond acceptors (Lipinski definition) is 3. The van der Waals surface area contributed by atoms with E-state index in [2.05, 4.69) is 5.32 Å². The van der Waals surface area contributed by atoms with Crippen molar-refractivity contribution in [2.75, 3.05) is 17.1 Å². The summed E-state index contributed by atoms with van der Waals surface area (Å²) in [4.78, 5) is 12.1. The van der Waals surface area contributed by atoms with Crippen LogP contribution < -0.4 is 9.62 Å². The number of carbonyl (C=O) groups is 1. The lowest BCUT2D eigenvalue weighted by Crippen LogP contribution is -2.44. The van der Waals surface area contributed by atoms with E-state index in [1.54, 1.807) is 0 Å². The summed E-state index contributed by atoms with van der Waals surface area (Å²) in [5, 5.41) is 3.37. The Kier molecular flexibility index (Phi) is 6.52. The maximum atomic E-state index is 12.1. The first-order valence-corrected chi connectivity index (χ1v) is 9.34. The maximum absolute atomic E-state index is 12.1. The fourth-order valence-electron chi connectivity index (χ4n) is 1.68. The highest BCUT2D eigenvalue weighted by Crippen LogP contribution is 2.26. The van der Waals surface area contributed by atoms with Crippen LogP contribution in [0.4, 0.5) is 5.69 Å². The summed E-state index contributed by atoms with van der Waals surface area (Å²) >= 11 is 11.8. The van der Waals surface area contributed by atoms with Crippen molar-refractivity contribution in [3.05, 3.63) is 28.2 Å². The third-order valence-electron chi connectivity index (χ3n) is 3.21. The van der Waals surface area contributed by atoms with Gasteiger partial charge in [-0.3, -0.25) is 9.10 Å². The zero-order valence-corrected chi connectivity index (χ0v) is 15.3. The van der Waals surface area contributed by atoms with E-state index in [9.17, 15) is 13.2 Å². The molecule has 0 unspecified atom stereocenters. The smallest absolute Gasteiger partial charge is 0.240 e. The van der Waals surface area contributed by atoms with Gasteiger partial charge in [0.05, 0.1) is 11.9 Å². The number of nitrogens with one attached hydrogen (secondary N) is 1. The summed E-state index contributed by atoms with van der Waals surface area (Å²) in [6.07, 6.45) is 1.03. The summed E-state index contributed by atoms with van der Waals surface area (Å²) in [6.45, 7) is 5.47. The molecule has 1 N–H and O–H groups in total. The van der Waals surface area contributed by atoms with Crippen molar-refractivity contribution in [2.24, 2.45) is 5.92 Å². The molecule has 0 spiro atoms. The molecular weight excluding hydrogens is 347 g/mol. The summed E-state index contributed by atoms with van der Waals surface area (Å²) in [5.74, 6) is -0.140. The Morgan fingerprint density at radius 2 is 1.68 bits per heavy atom. The Bertz CT molecular complexity index is 627. The van der Waals surface area contributed by atoms with Crippen molar-refractivity contribution < 1.29 is 13.2 Å². The van der Waals surface area contributed by atoms with Gasteiger partial charge in [0, 0.05) is 16.1 Å². The average Bonchev–Trinajstić information content (AvgIpc) is 2.33. The third-order valence-corrected chi connectivity index (χ3v) is 4.79. The normalized spacial score (nSPS) is 13.0. The van der Waals surface area contributed by atoms with Gasteiger partial charge >= 0.3 is 0 Å². The molecule has 1 amide bonds. The summed E-state index contributed by atoms with van der Waals surface area (Å²) in [7, 11) is -3.65. The topological polar surface area (TPSA) is 66.5 Å². The maximum Gasteiger partial charge on any atom is 0.240 e. The lowest BCUT2D eigenvalue weighted by atomic mass is 10.1. The Labute approximate surface area is 141 Å². The van der Waals surface area contributed by atoms with Crippen molar-refractivity contribution in [3.63, 3.8) is 0 Å². The van der Waals surface area contributed by atoms with Gasteiger partial charge in [-0.2, -0.15) is 0 Å². The Balaban J connectivity index is 3.03. The second-order valence-corrected chi connectivity index (χ2v) is 8.28. The first kappa shape index (κ1) is 19.1. The van der Waals surface area contributed by atoms with Crippen molar-refractivity contribution in [2.45, 2.75) is 26.8 Å². The van der Waals surface area contributed by atoms with Crippen LogP contribution in [0.2, 0.25) is 10.0 Å². The molecule has 0 saturated heterocycles. The van der Waals surface area contributed by atoms with Crippen LogP contribution in [0.5, 0.6) is 0 Å². The molecule has 1 aromatic carbocycles. The van der Waals surface area contributed by atoms with Gasteiger partial charge in [-0.1, -0.05) is 37.0 Å². The highest BCUT2D eigenvalue weighted by Gasteiger charge is 2.22. The van der Waals surface area contributed by atoms with E-state index in [-0.39, 0.29) is 30.1 Å². The second-order valence-electron chi connectivity index (χ2n) is 5.50. The number of benzene rings is 1. The number of amides is 1. The van der Waals surface area contributed by atoms with Gasteiger partial charge in [-0.15, -0.1) is 0 Å². The Morgan fingerprint density at radius 1 is 1.18 bits per heavy atom. The van der Waals surface area contributed by atoms with Gasteiger partial charge in [0.2, 0.25) is 15.9 Å². The minimum Gasteiger partial charge on any atom is -0.352 e. The van der Waals surface area contributed by atoms with Gasteiger partial charge in [0.1, 0.15) is 6.54 Å². The molecular formula is C14H20Cl2N2O3S. The van der Waals surface area contributed by atoms with Crippen LogP contribution in [-0.2, 0) is 14.8 Å². The lowest BCUT2D eigenvalue weighted by Gasteiger charge is -2.24.